The molecule has 2 N–H and O–H groups in total. The second-order valence-corrected chi connectivity index (χ2v) is 5.64. The number of nitrogens with one attached hydrogen (secondary N) is 2. The van der Waals surface area contributed by atoms with Crippen LogP contribution in [0.5, 0.6) is 0 Å². The lowest BCUT2D eigenvalue weighted by Crippen LogP contribution is -2.27. The lowest BCUT2D eigenvalue weighted by Gasteiger charge is -2.08. The Bertz CT molecular complexity index is 571. The van der Waals surface area contributed by atoms with Gasteiger partial charge in [-0.25, -0.2) is 4.98 Å². The Morgan fingerprint density at radius 2 is 2.42 bits per heavy atom. The van der Waals surface area contributed by atoms with Crippen molar-refractivity contribution in [2.45, 2.75) is 25.3 Å². The predicted octanol–water partition coefficient (Wildman–Crippen LogP) is 2.28. The molecule has 1 amide bonds. The number of aromatic nitrogens is 3. The van der Waals surface area contributed by atoms with Crippen molar-refractivity contribution in [3.05, 3.63) is 40.6 Å². The standard InChI is InChI=1S/C13H15BrN4O/c14-9-7-11(18(8-9)10-1-2-10)13(19)17-4-3-12-15-5-6-16-12/h5-8,10H,1-4H2,(H,15,16)(H,17,19). The number of imidazole rings is 1. The van der Waals surface area contributed by atoms with Gasteiger partial charge in [-0.2, -0.15) is 0 Å². The lowest BCUT2D eigenvalue weighted by atomic mass is 10.3. The van der Waals surface area contributed by atoms with E-state index in [2.05, 4.69) is 35.8 Å². The largest absolute Gasteiger partial charge is 0.350 e. The highest BCUT2D eigenvalue weighted by atomic mass is 79.9. The molecule has 3 rings (SSSR count). The van der Waals surface area contributed by atoms with Crippen molar-refractivity contribution in [1.82, 2.24) is 19.9 Å². The maximum Gasteiger partial charge on any atom is 0.267 e. The molecule has 1 saturated carbocycles. The fourth-order valence-corrected chi connectivity index (χ4v) is 2.54. The van der Waals surface area contributed by atoms with Gasteiger partial charge in [0.1, 0.15) is 11.5 Å². The third-order valence-corrected chi connectivity index (χ3v) is 3.62. The molecule has 0 saturated heterocycles. The van der Waals surface area contributed by atoms with Crippen LogP contribution >= 0.6 is 15.9 Å². The van der Waals surface area contributed by atoms with Gasteiger partial charge in [0.25, 0.3) is 5.91 Å². The summed E-state index contributed by atoms with van der Waals surface area (Å²) in [4.78, 5) is 19.3. The molecule has 0 spiro atoms. The van der Waals surface area contributed by atoms with E-state index >= 15 is 0 Å². The molecule has 0 unspecified atom stereocenters. The number of amides is 1. The summed E-state index contributed by atoms with van der Waals surface area (Å²) < 4.78 is 3.02. The summed E-state index contributed by atoms with van der Waals surface area (Å²) in [6.07, 6.45) is 8.52. The average Bonchev–Trinajstić information content (AvgIpc) is 2.96. The molecule has 0 bridgehead atoms. The Balaban J connectivity index is 1.60. The minimum Gasteiger partial charge on any atom is -0.350 e. The fourth-order valence-electron chi connectivity index (χ4n) is 2.10. The van der Waals surface area contributed by atoms with Gasteiger partial charge >= 0.3 is 0 Å². The van der Waals surface area contributed by atoms with Gasteiger partial charge in [-0.1, -0.05) is 0 Å². The van der Waals surface area contributed by atoms with Crippen LogP contribution in [-0.4, -0.2) is 27.0 Å². The molecule has 2 heterocycles. The molecule has 2 aromatic heterocycles. The summed E-state index contributed by atoms with van der Waals surface area (Å²) in [6, 6.07) is 2.37. The summed E-state index contributed by atoms with van der Waals surface area (Å²) in [5.74, 6) is 0.864. The first-order chi connectivity index (χ1) is 9.24. The van der Waals surface area contributed by atoms with Crippen molar-refractivity contribution >= 4 is 21.8 Å². The molecule has 0 radical (unpaired) electrons. The van der Waals surface area contributed by atoms with Crippen LogP contribution < -0.4 is 5.32 Å². The Morgan fingerprint density at radius 1 is 1.58 bits per heavy atom. The molecule has 0 aromatic carbocycles. The number of carbonyl (C=O) groups excluding carboxylic acids is 1. The molecule has 0 aliphatic heterocycles. The number of hydrogen-bond acceptors (Lipinski definition) is 2. The molecular weight excluding hydrogens is 308 g/mol. The van der Waals surface area contributed by atoms with E-state index in [4.69, 9.17) is 0 Å². The van der Waals surface area contributed by atoms with E-state index in [1.54, 1.807) is 12.4 Å². The Labute approximate surface area is 119 Å². The maximum absolute atomic E-state index is 12.2. The van der Waals surface area contributed by atoms with E-state index in [-0.39, 0.29) is 5.91 Å². The topological polar surface area (TPSA) is 62.7 Å². The molecule has 100 valence electrons. The highest BCUT2D eigenvalue weighted by molar-refractivity contribution is 9.10. The Morgan fingerprint density at radius 3 is 3.11 bits per heavy atom. The van der Waals surface area contributed by atoms with Crippen LogP contribution in [-0.2, 0) is 6.42 Å². The number of nitrogens with zero attached hydrogens (tertiary/aromatic N) is 2. The van der Waals surface area contributed by atoms with E-state index < -0.39 is 0 Å². The number of rotatable bonds is 5. The third-order valence-electron chi connectivity index (χ3n) is 3.19. The minimum atomic E-state index is -0.0239. The van der Waals surface area contributed by atoms with Crippen LogP contribution in [0.2, 0.25) is 0 Å². The van der Waals surface area contributed by atoms with Gasteiger partial charge in [0.15, 0.2) is 0 Å². The number of aromatic amines is 1. The lowest BCUT2D eigenvalue weighted by molar-refractivity contribution is 0.0944. The van der Waals surface area contributed by atoms with Crippen LogP contribution in [0.4, 0.5) is 0 Å². The summed E-state index contributed by atoms with van der Waals surface area (Å²) in [7, 11) is 0. The van der Waals surface area contributed by atoms with Gasteiger partial charge in [-0.3, -0.25) is 4.79 Å². The number of carbonyl (C=O) groups is 1. The van der Waals surface area contributed by atoms with Crippen LogP contribution in [0.15, 0.2) is 29.1 Å². The summed E-state index contributed by atoms with van der Waals surface area (Å²) in [5.41, 5.74) is 0.730. The molecule has 1 aliphatic rings. The molecule has 2 aromatic rings. The number of halogens is 1. The number of hydrogen-bond donors (Lipinski definition) is 2. The van der Waals surface area contributed by atoms with E-state index in [0.29, 0.717) is 19.0 Å². The van der Waals surface area contributed by atoms with E-state index in [1.165, 1.54) is 0 Å². The SMILES string of the molecule is O=C(NCCc1ncc[nH]1)c1cc(Br)cn1C1CC1. The molecular formula is C13H15BrN4O. The Hall–Kier alpha value is -1.56. The zero-order valence-corrected chi connectivity index (χ0v) is 12.0. The van der Waals surface area contributed by atoms with E-state index in [1.807, 2.05) is 12.3 Å². The maximum atomic E-state index is 12.2. The molecule has 1 aliphatic carbocycles. The summed E-state index contributed by atoms with van der Waals surface area (Å²) in [6.45, 7) is 0.583. The van der Waals surface area contributed by atoms with Crippen molar-refractivity contribution in [3.63, 3.8) is 0 Å². The molecule has 5 nitrogen and oxygen atoms in total. The molecule has 6 heteroatoms. The van der Waals surface area contributed by atoms with Crippen molar-refractivity contribution in [2.24, 2.45) is 0 Å². The zero-order chi connectivity index (χ0) is 13.2. The third kappa shape index (κ3) is 2.89. The predicted molar refractivity (Wildman–Crippen MR) is 75.0 cm³/mol. The van der Waals surface area contributed by atoms with Gasteiger partial charge in [0.2, 0.25) is 0 Å². The summed E-state index contributed by atoms with van der Waals surface area (Å²) in [5, 5.41) is 2.93. The van der Waals surface area contributed by atoms with E-state index in [9.17, 15) is 4.79 Å². The second kappa shape index (κ2) is 5.21. The van der Waals surface area contributed by atoms with Crippen molar-refractivity contribution in [2.75, 3.05) is 6.54 Å². The van der Waals surface area contributed by atoms with Gasteiger partial charge in [0, 0.05) is 42.1 Å². The zero-order valence-electron chi connectivity index (χ0n) is 10.4. The highest BCUT2D eigenvalue weighted by Gasteiger charge is 2.27. The molecule has 0 atom stereocenters. The van der Waals surface area contributed by atoms with Crippen molar-refractivity contribution in [3.8, 4) is 0 Å². The monoisotopic (exact) mass is 322 g/mol. The first kappa shape index (κ1) is 12.5. The van der Waals surface area contributed by atoms with Crippen molar-refractivity contribution in [1.29, 1.82) is 0 Å². The van der Waals surface area contributed by atoms with E-state index in [0.717, 1.165) is 28.8 Å². The smallest absolute Gasteiger partial charge is 0.267 e. The van der Waals surface area contributed by atoms with Gasteiger partial charge in [-0.05, 0) is 34.8 Å². The van der Waals surface area contributed by atoms with Crippen LogP contribution in [0.3, 0.4) is 0 Å². The molecule has 1 fully saturated rings. The normalized spacial score (nSPS) is 14.6. The quantitative estimate of drug-likeness (QED) is 0.887. The van der Waals surface area contributed by atoms with Crippen molar-refractivity contribution < 1.29 is 4.79 Å². The summed E-state index contributed by atoms with van der Waals surface area (Å²) >= 11 is 3.43. The van der Waals surface area contributed by atoms with Crippen LogP contribution in [0, 0.1) is 0 Å². The highest BCUT2D eigenvalue weighted by Crippen LogP contribution is 2.37. The first-order valence-corrected chi connectivity index (χ1v) is 7.17. The number of H-pyrrole nitrogens is 1. The van der Waals surface area contributed by atoms with Crippen LogP contribution in [0.25, 0.3) is 0 Å². The van der Waals surface area contributed by atoms with Gasteiger partial charge in [0.05, 0.1) is 0 Å². The van der Waals surface area contributed by atoms with Crippen LogP contribution in [0.1, 0.15) is 35.2 Å². The average molecular weight is 323 g/mol. The molecule has 19 heavy (non-hydrogen) atoms. The Kier molecular flexibility index (Phi) is 3.42. The first-order valence-electron chi connectivity index (χ1n) is 6.38. The second-order valence-electron chi connectivity index (χ2n) is 4.72. The fraction of sp³-hybridized carbons (Fsp3) is 0.385. The van der Waals surface area contributed by atoms with Gasteiger partial charge < -0.3 is 14.9 Å². The minimum absolute atomic E-state index is 0.0239. The van der Waals surface area contributed by atoms with Gasteiger partial charge in [-0.15, -0.1) is 0 Å².